The van der Waals surface area contributed by atoms with E-state index in [1.54, 1.807) is 0 Å². The summed E-state index contributed by atoms with van der Waals surface area (Å²) in [7, 11) is 0. The molecule has 0 aliphatic rings. The lowest BCUT2D eigenvalue weighted by Gasteiger charge is -2.11. The maximum Gasteiger partial charge on any atom is 0.416 e. The van der Waals surface area contributed by atoms with Crippen LogP contribution in [-0.2, 0) is 6.18 Å². The first-order valence-corrected chi connectivity index (χ1v) is 5.91. The predicted molar refractivity (Wildman–Crippen MR) is 68.5 cm³/mol. The Morgan fingerprint density at radius 3 is 2.14 bits per heavy atom. The van der Waals surface area contributed by atoms with Crippen LogP contribution in [0.1, 0.15) is 21.5 Å². The van der Waals surface area contributed by atoms with E-state index in [1.165, 1.54) is 25.1 Å². The number of carboxylic acids is 1. The van der Waals surface area contributed by atoms with Gasteiger partial charge in [0.1, 0.15) is 5.82 Å². The number of benzene rings is 2. The summed E-state index contributed by atoms with van der Waals surface area (Å²) in [6.07, 6.45) is -4.47. The van der Waals surface area contributed by atoms with Gasteiger partial charge in [-0.2, -0.15) is 13.2 Å². The third-order valence-corrected chi connectivity index (χ3v) is 3.05. The fourth-order valence-corrected chi connectivity index (χ4v) is 1.94. The van der Waals surface area contributed by atoms with E-state index < -0.39 is 23.5 Å². The summed E-state index contributed by atoms with van der Waals surface area (Å²) in [6, 6.07) is 6.23. The monoisotopic (exact) mass is 298 g/mol. The SMILES string of the molecule is Cc1cc(-c2ccc(C(F)(F)F)cc2)c(C(=O)O)cc1F. The minimum atomic E-state index is -4.47. The van der Waals surface area contributed by atoms with E-state index >= 15 is 0 Å². The molecule has 2 rings (SSSR count). The number of carbonyl (C=O) groups is 1. The summed E-state index contributed by atoms with van der Waals surface area (Å²) >= 11 is 0. The highest BCUT2D eigenvalue weighted by Crippen LogP contribution is 2.32. The number of halogens is 4. The smallest absolute Gasteiger partial charge is 0.416 e. The quantitative estimate of drug-likeness (QED) is 0.828. The predicted octanol–water partition coefficient (Wildman–Crippen LogP) is 4.52. The fraction of sp³-hybridized carbons (Fsp3) is 0.133. The van der Waals surface area contributed by atoms with Crippen molar-refractivity contribution < 1.29 is 27.5 Å². The summed E-state index contributed by atoms with van der Waals surface area (Å²) in [5.74, 6) is -2.02. The topological polar surface area (TPSA) is 37.3 Å². The van der Waals surface area contributed by atoms with E-state index in [9.17, 15) is 22.4 Å². The van der Waals surface area contributed by atoms with Gasteiger partial charge in [-0.1, -0.05) is 12.1 Å². The second kappa shape index (κ2) is 5.20. The zero-order valence-corrected chi connectivity index (χ0v) is 10.8. The highest BCUT2D eigenvalue weighted by molar-refractivity contribution is 5.96. The minimum absolute atomic E-state index is 0.176. The van der Waals surface area contributed by atoms with Crippen LogP contribution in [0.5, 0.6) is 0 Å². The van der Waals surface area contributed by atoms with E-state index in [0.717, 1.165) is 18.2 Å². The van der Waals surface area contributed by atoms with Crippen molar-refractivity contribution in [1.82, 2.24) is 0 Å². The summed E-state index contributed by atoms with van der Waals surface area (Å²) in [6.45, 7) is 1.45. The molecule has 0 radical (unpaired) electrons. The molecule has 2 aromatic rings. The summed E-state index contributed by atoms with van der Waals surface area (Å²) in [5, 5.41) is 9.08. The Kier molecular flexibility index (Phi) is 3.72. The number of carboxylic acid groups (broad SMARTS) is 1. The molecule has 1 N–H and O–H groups in total. The van der Waals surface area contributed by atoms with Gasteiger partial charge in [-0.05, 0) is 47.9 Å². The van der Waals surface area contributed by atoms with Gasteiger partial charge in [0.05, 0.1) is 11.1 Å². The molecule has 0 unspecified atom stereocenters. The van der Waals surface area contributed by atoms with Crippen molar-refractivity contribution in [3.63, 3.8) is 0 Å². The van der Waals surface area contributed by atoms with Gasteiger partial charge in [-0.15, -0.1) is 0 Å². The van der Waals surface area contributed by atoms with Crippen LogP contribution in [0.4, 0.5) is 17.6 Å². The molecule has 0 aliphatic heterocycles. The van der Waals surface area contributed by atoms with Crippen LogP contribution in [0.3, 0.4) is 0 Å². The summed E-state index contributed by atoms with van der Waals surface area (Å²) in [5.41, 5.74) is -0.451. The normalized spacial score (nSPS) is 11.5. The first kappa shape index (κ1) is 15.0. The van der Waals surface area contributed by atoms with Gasteiger partial charge in [0.25, 0.3) is 0 Å². The summed E-state index contributed by atoms with van der Waals surface area (Å²) < 4.78 is 51.0. The van der Waals surface area contributed by atoms with Crippen LogP contribution in [0.15, 0.2) is 36.4 Å². The van der Waals surface area contributed by atoms with E-state index in [0.29, 0.717) is 0 Å². The Morgan fingerprint density at radius 2 is 1.67 bits per heavy atom. The van der Waals surface area contributed by atoms with Crippen molar-refractivity contribution in [3.8, 4) is 11.1 Å². The lowest BCUT2D eigenvalue weighted by molar-refractivity contribution is -0.137. The van der Waals surface area contributed by atoms with Crippen LogP contribution in [0.25, 0.3) is 11.1 Å². The maximum absolute atomic E-state index is 13.4. The average molecular weight is 298 g/mol. The van der Waals surface area contributed by atoms with E-state index in [4.69, 9.17) is 5.11 Å². The molecule has 110 valence electrons. The molecule has 2 aromatic carbocycles. The highest BCUT2D eigenvalue weighted by Gasteiger charge is 2.30. The third kappa shape index (κ3) is 3.04. The number of hydrogen-bond donors (Lipinski definition) is 1. The molecule has 0 bridgehead atoms. The molecular weight excluding hydrogens is 288 g/mol. The van der Waals surface area contributed by atoms with Crippen LogP contribution in [0.2, 0.25) is 0 Å². The van der Waals surface area contributed by atoms with Crippen molar-refractivity contribution in [2.45, 2.75) is 13.1 Å². The van der Waals surface area contributed by atoms with Crippen molar-refractivity contribution in [2.24, 2.45) is 0 Å². The number of hydrogen-bond acceptors (Lipinski definition) is 1. The number of alkyl halides is 3. The van der Waals surface area contributed by atoms with E-state index in [-0.39, 0.29) is 22.3 Å². The first-order valence-electron chi connectivity index (χ1n) is 5.91. The molecule has 0 aliphatic carbocycles. The van der Waals surface area contributed by atoms with Crippen molar-refractivity contribution in [1.29, 1.82) is 0 Å². The molecule has 6 heteroatoms. The molecule has 0 aromatic heterocycles. The minimum Gasteiger partial charge on any atom is -0.478 e. The number of aryl methyl sites for hydroxylation is 1. The van der Waals surface area contributed by atoms with Crippen molar-refractivity contribution >= 4 is 5.97 Å². The zero-order valence-electron chi connectivity index (χ0n) is 10.8. The van der Waals surface area contributed by atoms with Crippen molar-refractivity contribution in [3.05, 3.63) is 58.9 Å². The molecule has 0 amide bonds. The van der Waals surface area contributed by atoms with Gasteiger partial charge in [0, 0.05) is 0 Å². The Bertz CT molecular complexity index is 688. The number of aromatic carboxylic acids is 1. The van der Waals surface area contributed by atoms with Gasteiger partial charge >= 0.3 is 12.1 Å². The molecule has 0 fully saturated rings. The number of rotatable bonds is 2. The van der Waals surface area contributed by atoms with Gasteiger partial charge in [0.2, 0.25) is 0 Å². The first-order chi connectivity index (χ1) is 9.70. The van der Waals surface area contributed by atoms with Crippen LogP contribution in [-0.4, -0.2) is 11.1 Å². The lowest BCUT2D eigenvalue weighted by atomic mass is 9.96. The second-order valence-electron chi connectivity index (χ2n) is 4.53. The Hall–Kier alpha value is -2.37. The van der Waals surface area contributed by atoms with Gasteiger partial charge in [0.15, 0.2) is 0 Å². The molecular formula is C15H10F4O2. The Balaban J connectivity index is 2.56. The molecule has 0 heterocycles. The van der Waals surface area contributed by atoms with Gasteiger partial charge < -0.3 is 5.11 Å². The second-order valence-corrected chi connectivity index (χ2v) is 4.53. The standard InChI is InChI=1S/C15H10F4O2/c1-8-6-11(12(14(20)21)7-13(8)16)9-2-4-10(5-3-9)15(17,18)19/h2-7H,1H3,(H,20,21). The van der Waals surface area contributed by atoms with Crippen molar-refractivity contribution in [2.75, 3.05) is 0 Å². The molecule has 0 atom stereocenters. The third-order valence-electron chi connectivity index (χ3n) is 3.05. The summed E-state index contributed by atoms with van der Waals surface area (Å²) in [4.78, 5) is 11.1. The molecule has 2 nitrogen and oxygen atoms in total. The molecule has 0 saturated carbocycles. The van der Waals surface area contributed by atoms with Gasteiger partial charge in [-0.25, -0.2) is 9.18 Å². The van der Waals surface area contributed by atoms with Crippen LogP contribution >= 0.6 is 0 Å². The van der Waals surface area contributed by atoms with Crippen LogP contribution < -0.4 is 0 Å². The van der Waals surface area contributed by atoms with E-state index in [1.807, 2.05) is 0 Å². The Morgan fingerprint density at radius 1 is 1.10 bits per heavy atom. The molecule has 21 heavy (non-hydrogen) atoms. The van der Waals surface area contributed by atoms with E-state index in [2.05, 4.69) is 0 Å². The highest BCUT2D eigenvalue weighted by atomic mass is 19.4. The van der Waals surface area contributed by atoms with Crippen LogP contribution in [0, 0.1) is 12.7 Å². The Labute approximate surface area is 117 Å². The largest absolute Gasteiger partial charge is 0.478 e. The lowest BCUT2D eigenvalue weighted by Crippen LogP contribution is -2.05. The average Bonchev–Trinajstić information content (AvgIpc) is 2.40. The zero-order chi connectivity index (χ0) is 15.8. The molecule has 0 saturated heterocycles. The fourth-order valence-electron chi connectivity index (χ4n) is 1.94. The maximum atomic E-state index is 13.4. The van der Waals surface area contributed by atoms with Gasteiger partial charge in [-0.3, -0.25) is 0 Å². The molecule has 0 spiro atoms.